The third-order valence-corrected chi connectivity index (χ3v) is 4.26. The van der Waals surface area contributed by atoms with Crippen molar-refractivity contribution in [3.05, 3.63) is 63.7 Å². The van der Waals surface area contributed by atoms with E-state index in [4.69, 9.17) is 4.74 Å². The van der Waals surface area contributed by atoms with E-state index in [1.165, 1.54) is 30.2 Å². The molecule has 2 aromatic carbocycles. The fraction of sp³-hybridized carbons (Fsp3) is 0.211. The van der Waals surface area contributed by atoms with Gasteiger partial charge in [0.1, 0.15) is 11.4 Å². The first-order valence-electron chi connectivity index (χ1n) is 8.58. The van der Waals surface area contributed by atoms with Crippen molar-refractivity contribution in [2.24, 2.45) is 5.10 Å². The average molecular weight is 382 g/mol. The van der Waals surface area contributed by atoms with Crippen LogP contribution in [0.15, 0.2) is 47.6 Å². The summed E-state index contributed by atoms with van der Waals surface area (Å²) in [6.45, 7) is 0.290. The summed E-state index contributed by atoms with van der Waals surface area (Å²) in [7, 11) is 1.46. The van der Waals surface area contributed by atoms with E-state index in [1.54, 1.807) is 30.5 Å². The number of nitrogens with one attached hydrogen (secondary N) is 1. The highest BCUT2D eigenvalue weighted by molar-refractivity contribution is 6.21. The quantitative estimate of drug-likeness (QED) is 0.247. The molecule has 0 fully saturated rings. The number of unbranched alkanes of at least 4 members (excludes halogenated alkanes) is 1. The van der Waals surface area contributed by atoms with Crippen LogP contribution < -0.4 is 10.2 Å². The number of amides is 2. The molecule has 1 aliphatic rings. The number of benzene rings is 2. The molecular formula is C19H18N4O5. The predicted octanol–water partition coefficient (Wildman–Crippen LogP) is 3.08. The van der Waals surface area contributed by atoms with Crippen LogP contribution in [0.5, 0.6) is 5.75 Å². The summed E-state index contributed by atoms with van der Waals surface area (Å²) in [6, 6.07) is 10.9. The standard InChI is InChI=1S/C19H18N4O5/c1-28-17-9-8-13(23(26)27)12-16(17)21-20-10-4-5-11-22-18(24)14-6-2-3-7-15(14)19(22)25/h2-3,6-10,12,21H,4-5,11H2,1H3. The van der Waals surface area contributed by atoms with Gasteiger partial charge in [0.05, 0.1) is 23.2 Å². The maximum Gasteiger partial charge on any atom is 0.271 e. The van der Waals surface area contributed by atoms with Crippen molar-refractivity contribution >= 4 is 29.4 Å². The molecule has 9 heteroatoms. The van der Waals surface area contributed by atoms with Crippen molar-refractivity contribution in [3.63, 3.8) is 0 Å². The average Bonchev–Trinajstić information content (AvgIpc) is 2.95. The topological polar surface area (TPSA) is 114 Å². The Kier molecular flexibility index (Phi) is 5.64. The van der Waals surface area contributed by atoms with Gasteiger partial charge in [-0.05, 0) is 31.0 Å². The molecule has 0 radical (unpaired) electrons. The van der Waals surface area contributed by atoms with Crippen LogP contribution in [0.2, 0.25) is 0 Å². The highest BCUT2D eigenvalue weighted by atomic mass is 16.6. The number of fused-ring (bicyclic) bond motifs is 1. The molecule has 1 N–H and O–H groups in total. The Labute approximate surface area is 160 Å². The Morgan fingerprint density at radius 2 is 1.86 bits per heavy atom. The molecular weight excluding hydrogens is 364 g/mol. The third-order valence-electron chi connectivity index (χ3n) is 4.26. The van der Waals surface area contributed by atoms with Gasteiger partial charge in [0, 0.05) is 24.9 Å². The molecule has 0 saturated heterocycles. The van der Waals surface area contributed by atoms with Gasteiger partial charge in [0.2, 0.25) is 0 Å². The number of imide groups is 1. The molecule has 3 rings (SSSR count). The predicted molar refractivity (Wildman–Crippen MR) is 103 cm³/mol. The molecule has 0 saturated carbocycles. The minimum atomic E-state index is -0.504. The molecule has 28 heavy (non-hydrogen) atoms. The first-order valence-corrected chi connectivity index (χ1v) is 8.58. The molecule has 1 aliphatic heterocycles. The summed E-state index contributed by atoms with van der Waals surface area (Å²) in [5.74, 6) is -0.136. The van der Waals surface area contributed by atoms with Crippen molar-refractivity contribution < 1.29 is 19.2 Å². The van der Waals surface area contributed by atoms with Gasteiger partial charge < -0.3 is 4.74 Å². The monoisotopic (exact) mass is 382 g/mol. The van der Waals surface area contributed by atoms with Crippen LogP contribution >= 0.6 is 0 Å². The minimum absolute atomic E-state index is 0.0795. The Bertz CT molecular complexity index is 922. The van der Waals surface area contributed by atoms with Gasteiger partial charge in [-0.2, -0.15) is 5.10 Å². The van der Waals surface area contributed by atoms with E-state index < -0.39 is 4.92 Å². The molecule has 2 amide bonds. The molecule has 0 bridgehead atoms. The lowest BCUT2D eigenvalue weighted by molar-refractivity contribution is -0.384. The molecule has 0 unspecified atom stereocenters. The number of nitrogens with zero attached hydrogens (tertiary/aromatic N) is 3. The number of non-ortho nitro benzene ring substituents is 1. The van der Waals surface area contributed by atoms with E-state index in [0.29, 0.717) is 42.0 Å². The summed E-state index contributed by atoms with van der Waals surface area (Å²) in [4.78, 5) is 36.1. The highest BCUT2D eigenvalue weighted by Gasteiger charge is 2.34. The second kappa shape index (κ2) is 8.30. The largest absolute Gasteiger partial charge is 0.495 e. The first kappa shape index (κ1) is 19.0. The van der Waals surface area contributed by atoms with E-state index in [1.807, 2.05) is 0 Å². The van der Waals surface area contributed by atoms with Gasteiger partial charge >= 0.3 is 0 Å². The summed E-state index contributed by atoms with van der Waals surface area (Å²) in [5.41, 5.74) is 3.86. The lowest BCUT2D eigenvalue weighted by atomic mass is 10.1. The molecule has 0 atom stereocenters. The number of hydrazone groups is 1. The Hall–Kier alpha value is -3.75. The van der Waals surface area contributed by atoms with Gasteiger partial charge in [0.25, 0.3) is 17.5 Å². The van der Waals surface area contributed by atoms with Crippen LogP contribution in [0.3, 0.4) is 0 Å². The zero-order valence-electron chi connectivity index (χ0n) is 15.1. The van der Waals surface area contributed by atoms with Crippen LogP contribution in [0.4, 0.5) is 11.4 Å². The van der Waals surface area contributed by atoms with E-state index in [-0.39, 0.29) is 17.5 Å². The first-order chi connectivity index (χ1) is 13.5. The SMILES string of the molecule is COc1ccc([N+](=O)[O-])cc1NN=CCCCN1C(=O)c2ccccc2C1=O. The fourth-order valence-corrected chi connectivity index (χ4v) is 2.86. The van der Waals surface area contributed by atoms with Gasteiger partial charge in [0.15, 0.2) is 0 Å². The van der Waals surface area contributed by atoms with Crippen molar-refractivity contribution in [2.75, 3.05) is 19.1 Å². The fourth-order valence-electron chi connectivity index (χ4n) is 2.86. The molecule has 144 valence electrons. The van der Waals surface area contributed by atoms with Crippen LogP contribution in [0.1, 0.15) is 33.6 Å². The number of nitro benzene ring substituents is 1. The van der Waals surface area contributed by atoms with E-state index in [0.717, 1.165) is 0 Å². The van der Waals surface area contributed by atoms with Crippen molar-refractivity contribution in [3.8, 4) is 5.75 Å². The number of rotatable bonds is 8. The normalized spacial score (nSPS) is 13.1. The van der Waals surface area contributed by atoms with Gasteiger partial charge in [-0.1, -0.05) is 12.1 Å². The molecule has 0 aliphatic carbocycles. The zero-order valence-corrected chi connectivity index (χ0v) is 15.1. The van der Waals surface area contributed by atoms with Gasteiger partial charge in [-0.3, -0.25) is 30.0 Å². The minimum Gasteiger partial charge on any atom is -0.495 e. The summed E-state index contributed by atoms with van der Waals surface area (Å²) >= 11 is 0. The maximum absolute atomic E-state index is 12.3. The summed E-state index contributed by atoms with van der Waals surface area (Å²) in [6.07, 6.45) is 2.64. The van der Waals surface area contributed by atoms with E-state index in [9.17, 15) is 19.7 Å². The van der Waals surface area contributed by atoms with Crippen molar-refractivity contribution in [2.45, 2.75) is 12.8 Å². The number of hydrogen-bond donors (Lipinski definition) is 1. The molecule has 1 heterocycles. The smallest absolute Gasteiger partial charge is 0.271 e. The van der Waals surface area contributed by atoms with Crippen LogP contribution in [0, 0.1) is 10.1 Å². The molecule has 0 aromatic heterocycles. The van der Waals surface area contributed by atoms with E-state index in [2.05, 4.69) is 10.5 Å². The van der Waals surface area contributed by atoms with E-state index >= 15 is 0 Å². The summed E-state index contributed by atoms with van der Waals surface area (Å²) in [5, 5.41) is 14.9. The van der Waals surface area contributed by atoms with Gasteiger partial charge in [-0.15, -0.1) is 0 Å². The maximum atomic E-state index is 12.3. The number of hydrogen-bond acceptors (Lipinski definition) is 7. The lowest BCUT2D eigenvalue weighted by Crippen LogP contribution is -2.30. The Balaban J connectivity index is 1.52. The highest BCUT2D eigenvalue weighted by Crippen LogP contribution is 2.28. The second-order valence-corrected chi connectivity index (χ2v) is 6.01. The number of nitro groups is 1. The summed E-state index contributed by atoms with van der Waals surface area (Å²) < 4.78 is 5.14. The number of methoxy groups -OCH3 is 1. The Morgan fingerprint density at radius 1 is 1.18 bits per heavy atom. The lowest BCUT2D eigenvalue weighted by Gasteiger charge is -2.12. The number of carbonyl (C=O) groups excluding carboxylic acids is 2. The third kappa shape index (κ3) is 3.83. The van der Waals surface area contributed by atoms with Crippen LogP contribution in [0.25, 0.3) is 0 Å². The molecule has 2 aromatic rings. The second-order valence-electron chi connectivity index (χ2n) is 6.01. The van der Waals surface area contributed by atoms with Crippen molar-refractivity contribution in [1.29, 1.82) is 0 Å². The van der Waals surface area contributed by atoms with Gasteiger partial charge in [-0.25, -0.2) is 0 Å². The zero-order chi connectivity index (χ0) is 20.1. The van der Waals surface area contributed by atoms with Crippen molar-refractivity contribution in [1.82, 2.24) is 4.90 Å². The molecule has 0 spiro atoms. The number of ether oxygens (including phenoxy) is 1. The molecule has 9 nitrogen and oxygen atoms in total. The number of carbonyl (C=O) groups is 2. The number of anilines is 1. The van der Waals surface area contributed by atoms with Crippen LogP contribution in [-0.4, -0.2) is 41.5 Å². The van der Waals surface area contributed by atoms with Crippen LogP contribution in [-0.2, 0) is 0 Å². The Morgan fingerprint density at radius 3 is 2.46 bits per heavy atom.